The minimum Gasteiger partial charge on any atom is -0.465 e. The maximum absolute atomic E-state index is 12.1. The lowest BCUT2D eigenvalue weighted by Gasteiger charge is -2.09. The monoisotopic (exact) mass is 326 g/mol. The first-order valence-electron chi connectivity index (χ1n) is 7.67. The van der Waals surface area contributed by atoms with Gasteiger partial charge in [0.1, 0.15) is 17.3 Å². The number of rotatable bonds is 5. The van der Waals surface area contributed by atoms with E-state index in [9.17, 15) is 9.59 Å². The molecule has 1 aliphatic carbocycles. The molecule has 0 unspecified atom stereocenters. The van der Waals surface area contributed by atoms with Gasteiger partial charge in [0.25, 0.3) is 5.91 Å². The first kappa shape index (κ1) is 15.9. The number of amides is 1. The van der Waals surface area contributed by atoms with Crippen LogP contribution in [-0.2, 0) is 4.74 Å². The van der Waals surface area contributed by atoms with Crippen molar-refractivity contribution in [2.45, 2.75) is 25.8 Å². The summed E-state index contributed by atoms with van der Waals surface area (Å²) in [5.74, 6) is 0.368. The lowest BCUT2D eigenvalue weighted by atomic mass is 10.2. The number of methoxy groups -OCH3 is 1. The number of nitrogens with zero attached hydrogens (tertiary/aromatic N) is 2. The smallest absolute Gasteiger partial charge is 0.337 e. The van der Waals surface area contributed by atoms with E-state index < -0.39 is 5.97 Å². The second-order valence-electron chi connectivity index (χ2n) is 5.63. The molecule has 0 bridgehead atoms. The molecular formula is C17H18N4O3. The van der Waals surface area contributed by atoms with Crippen molar-refractivity contribution >= 4 is 23.4 Å². The molecule has 24 heavy (non-hydrogen) atoms. The fraction of sp³-hybridized carbons (Fsp3) is 0.294. The number of ether oxygens (including phenoxy) is 1. The molecule has 0 saturated heterocycles. The van der Waals surface area contributed by atoms with Gasteiger partial charge in [-0.3, -0.25) is 4.79 Å². The van der Waals surface area contributed by atoms with Crippen LogP contribution in [0.5, 0.6) is 0 Å². The summed E-state index contributed by atoms with van der Waals surface area (Å²) in [6, 6.07) is 8.72. The summed E-state index contributed by atoms with van der Waals surface area (Å²) >= 11 is 0. The van der Waals surface area contributed by atoms with Gasteiger partial charge in [-0.25, -0.2) is 14.8 Å². The van der Waals surface area contributed by atoms with Crippen molar-refractivity contribution in [3.63, 3.8) is 0 Å². The zero-order valence-corrected chi connectivity index (χ0v) is 13.5. The van der Waals surface area contributed by atoms with E-state index in [1.165, 1.54) is 7.11 Å². The van der Waals surface area contributed by atoms with E-state index >= 15 is 0 Å². The average Bonchev–Trinajstić information content (AvgIpc) is 3.37. The maximum Gasteiger partial charge on any atom is 0.337 e. The first-order chi connectivity index (χ1) is 11.5. The van der Waals surface area contributed by atoms with Crippen LogP contribution in [0.15, 0.2) is 30.3 Å². The highest BCUT2D eigenvalue weighted by Crippen LogP contribution is 2.20. The van der Waals surface area contributed by atoms with Crippen LogP contribution in [0.25, 0.3) is 0 Å². The third kappa shape index (κ3) is 3.87. The number of benzene rings is 1. The van der Waals surface area contributed by atoms with E-state index in [-0.39, 0.29) is 11.9 Å². The number of carbonyl (C=O) groups is 2. The van der Waals surface area contributed by atoms with Gasteiger partial charge in [0, 0.05) is 17.8 Å². The van der Waals surface area contributed by atoms with Gasteiger partial charge in [0.05, 0.1) is 12.7 Å². The third-order valence-electron chi connectivity index (χ3n) is 3.54. The Morgan fingerprint density at radius 3 is 2.71 bits per heavy atom. The Balaban J connectivity index is 1.80. The fourth-order valence-corrected chi connectivity index (χ4v) is 2.22. The molecule has 1 amide bonds. The zero-order valence-electron chi connectivity index (χ0n) is 13.5. The molecule has 0 radical (unpaired) electrons. The molecule has 1 saturated carbocycles. The van der Waals surface area contributed by atoms with Gasteiger partial charge in [-0.05, 0) is 38.0 Å². The quantitative estimate of drug-likeness (QED) is 0.818. The van der Waals surface area contributed by atoms with Crippen molar-refractivity contribution in [3.05, 3.63) is 47.4 Å². The van der Waals surface area contributed by atoms with Gasteiger partial charge in [-0.2, -0.15) is 0 Å². The summed E-state index contributed by atoms with van der Waals surface area (Å²) in [6.07, 6.45) is 2.03. The Morgan fingerprint density at radius 2 is 2.00 bits per heavy atom. The van der Waals surface area contributed by atoms with E-state index in [1.807, 2.05) is 0 Å². The second-order valence-corrected chi connectivity index (χ2v) is 5.63. The Morgan fingerprint density at radius 1 is 1.21 bits per heavy atom. The molecule has 2 N–H and O–H groups in total. The van der Waals surface area contributed by atoms with Gasteiger partial charge >= 0.3 is 5.97 Å². The number of aromatic nitrogens is 2. The van der Waals surface area contributed by atoms with Crippen LogP contribution in [0.1, 0.15) is 39.5 Å². The Kier molecular flexibility index (Phi) is 4.41. The van der Waals surface area contributed by atoms with Gasteiger partial charge in [0.15, 0.2) is 0 Å². The van der Waals surface area contributed by atoms with Crippen LogP contribution in [0.3, 0.4) is 0 Å². The van der Waals surface area contributed by atoms with Crippen LogP contribution < -0.4 is 10.6 Å². The minimum absolute atomic E-state index is 0.200. The summed E-state index contributed by atoms with van der Waals surface area (Å²) in [5.41, 5.74) is 1.42. The Hall–Kier alpha value is -2.96. The molecule has 124 valence electrons. The van der Waals surface area contributed by atoms with E-state index in [0.717, 1.165) is 12.8 Å². The molecule has 1 aromatic carbocycles. The van der Waals surface area contributed by atoms with E-state index in [4.69, 9.17) is 4.74 Å². The number of carbonyl (C=O) groups excluding carboxylic acids is 2. The number of aryl methyl sites for hydroxylation is 1. The van der Waals surface area contributed by atoms with Gasteiger partial charge in [0.2, 0.25) is 0 Å². The van der Waals surface area contributed by atoms with Crippen molar-refractivity contribution < 1.29 is 14.3 Å². The minimum atomic E-state index is -0.415. The third-order valence-corrected chi connectivity index (χ3v) is 3.54. The normalized spacial score (nSPS) is 13.2. The molecule has 3 rings (SSSR count). The van der Waals surface area contributed by atoms with Crippen LogP contribution >= 0.6 is 0 Å². The first-order valence-corrected chi connectivity index (χ1v) is 7.67. The average molecular weight is 326 g/mol. The summed E-state index contributed by atoms with van der Waals surface area (Å²) in [7, 11) is 1.33. The number of hydrogen-bond acceptors (Lipinski definition) is 6. The Bertz CT molecular complexity index is 787. The van der Waals surface area contributed by atoms with Gasteiger partial charge in [-0.1, -0.05) is 6.07 Å². The largest absolute Gasteiger partial charge is 0.465 e. The Labute approximate surface area is 139 Å². The summed E-state index contributed by atoms with van der Waals surface area (Å²) < 4.78 is 4.71. The van der Waals surface area contributed by atoms with Crippen molar-refractivity contribution in [1.82, 2.24) is 15.3 Å². The lowest BCUT2D eigenvalue weighted by Crippen LogP contribution is -2.26. The van der Waals surface area contributed by atoms with Crippen LogP contribution in [0.4, 0.5) is 11.5 Å². The van der Waals surface area contributed by atoms with Crippen LogP contribution in [0, 0.1) is 6.92 Å². The summed E-state index contributed by atoms with van der Waals surface area (Å²) in [5, 5.41) is 5.99. The highest BCUT2D eigenvalue weighted by molar-refractivity contribution is 5.93. The molecule has 0 atom stereocenters. The SMILES string of the molecule is COC(=O)c1cccc(Nc2cc(C(=O)NC3CC3)nc(C)n2)c1. The van der Waals surface area contributed by atoms with Crippen molar-refractivity contribution in [3.8, 4) is 0 Å². The number of anilines is 2. The van der Waals surface area contributed by atoms with Crippen molar-refractivity contribution in [2.24, 2.45) is 0 Å². The maximum atomic E-state index is 12.1. The molecule has 7 heteroatoms. The predicted octanol–water partition coefficient (Wildman–Crippen LogP) is 2.21. The van der Waals surface area contributed by atoms with Crippen molar-refractivity contribution in [1.29, 1.82) is 0 Å². The highest BCUT2D eigenvalue weighted by Gasteiger charge is 2.24. The number of hydrogen-bond donors (Lipinski definition) is 2. The molecule has 2 aromatic rings. The molecule has 1 fully saturated rings. The topological polar surface area (TPSA) is 93.2 Å². The van der Waals surface area contributed by atoms with E-state index in [1.54, 1.807) is 37.3 Å². The predicted molar refractivity (Wildman–Crippen MR) is 88.3 cm³/mol. The van der Waals surface area contributed by atoms with Gasteiger partial charge in [-0.15, -0.1) is 0 Å². The number of nitrogens with one attached hydrogen (secondary N) is 2. The standard InChI is InChI=1S/C17H18N4O3/c1-10-18-14(16(22)21-12-6-7-12)9-15(19-10)20-13-5-3-4-11(8-13)17(23)24-2/h3-5,8-9,12H,6-7H2,1-2H3,(H,21,22)(H,18,19,20). The highest BCUT2D eigenvalue weighted by atomic mass is 16.5. The fourth-order valence-electron chi connectivity index (χ4n) is 2.22. The van der Waals surface area contributed by atoms with E-state index in [0.29, 0.717) is 28.6 Å². The molecule has 0 aliphatic heterocycles. The molecule has 7 nitrogen and oxygen atoms in total. The summed E-state index contributed by atoms with van der Waals surface area (Å²) in [4.78, 5) is 32.2. The lowest BCUT2D eigenvalue weighted by molar-refractivity contribution is 0.0600. The number of esters is 1. The van der Waals surface area contributed by atoms with Crippen LogP contribution in [0.2, 0.25) is 0 Å². The van der Waals surface area contributed by atoms with Crippen molar-refractivity contribution in [2.75, 3.05) is 12.4 Å². The molecular weight excluding hydrogens is 308 g/mol. The van der Waals surface area contributed by atoms with Gasteiger partial charge < -0.3 is 15.4 Å². The second kappa shape index (κ2) is 6.66. The molecule has 1 heterocycles. The zero-order chi connectivity index (χ0) is 17.1. The molecule has 0 spiro atoms. The molecule has 1 aromatic heterocycles. The van der Waals surface area contributed by atoms with Crippen LogP contribution in [-0.4, -0.2) is 35.0 Å². The van der Waals surface area contributed by atoms with E-state index in [2.05, 4.69) is 20.6 Å². The molecule has 1 aliphatic rings. The summed E-state index contributed by atoms with van der Waals surface area (Å²) in [6.45, 7) is 1.73.